The van der Waals surface area contributed by atoms with Gasteiger partial charge >= 0.3 is 0 Å². The second kappa shape index (κ2) is 8.48. The number of hydrogen-bond donors (Lipinski definition) is 1. The van der Waals surface area contributed by atoms with Crippen LogP contribution >= 0.6 is 11.6 Å². The smallest absolute Gasteiger partial charge is 0.267 e. The van der Waals surface area contributed by atoms with E-state index in [1.54, 1.807) is 18.2 Å². The molecule has 1 aromatic heterocycles. The van der Waals surface area contributed by atoms with Crippen molar-refractivity contribution in [3.8, 4) is 0 Å². The number of halogens is 1. The molecule has 28 heavy (non-hydrogen) atoms. The van der Waals surface area contributed by atoms with Crippen molar-refractivity contribution in [2.75, 3.05) is 0 Å². The van der Waals surface area contributed by atoms with E-state index in [1.807, 2.05) is 32.9 Å². The van der Waals surface area contributed by atoms with Crippen LogP contribution in [0, 0.1) is 0 Å². The summed E-state index contributed by atoms with van der Waals surface area (Å²) in [5.74, 6) is -0.0925. The Morgan fingerprint density at radius 1 is 1.21 bits per heavy atom. The minimum Gasteiger partial charge on any atom is -0.351 e. The van der Waals surface area contributed by atoms with E-state index in [4.69, 9.17) is 11.6 Å². The van der Waals surface area contributed by atoms with Gasteiger partial charge in [-0.05, 0) is 69.7 Å². The van der Waals surface area contributed by atoms with Crippen molar-refractivity contribution in [1.82, 2.24) is 15.1 Å². The standard InChI is InChI=1S/C22H28ClN3O2/c1-15(24-21(28)22(2,3)17-9-11-18(23)12-10-17)14-26-20(27)13-16-7-5-4-6-8-19(16)25-26/h9-13,15H,4-8,14H2,1-3H3,(H,24,28)/t15-/m0/s1. The van der Waals surface area contributed by atoms with Crippen LogP contribution < -0.4 is 10.9 Å². The van der Waals surface area contributed by atoms with E-state index >= 15 is 0 Å². The van der Waals surface area contributed by atoms with Gasteiger partial charge < -0.3 is 5.32 Å². The molecular weight excluding hydrogens is 374 g/mol. The third-order valence-corrected chi connectivity index (χ3v) is 5.73. The Morgan fingerprint density at radius 2 is 1.89 bits per heavy atom. The number of carbonyl (C=O) groups is 1. The van der Waals surface area contributed by atoms with Gasteiger partial charge in [0.25, 0.3) is 5.56 Å². The molecule has 0 saturated heterocycles. The average Bonchev–Trinajstić information content (AvgIpc) is 2.87. The number of nitrogens with one attached hydrogen (secondary N) is 1. The second-order valence-corrected chi connectivity index (χ2v) is 8.64. The molecule has 6 heteroatoms. The molecule has 3 rings (SSSR count). The normalized spacial score (nSPS) is 15.4. The van der Waals surface area contributed by atoms with Gasteiger partial charge in [-0.15, -0.1) is 0 Å². The Balaban J connectivity index is 1.70. The van der Waals surface area contributed by atoms with Gasteiger partial charge in [0.05, 0.1) is 17.7 Å². The highest BCUT2D eigenvalue weighted by atomic mass is 35.5. The predicted molar refractivity (Wildman–Crippen MR) is 112 cm³/mol. The molecule has 0 radical (unpaired) electrons. The van der Waals surface area contributed by atoms with Crippen LogP contribution in [0.2, 0.25) is 5.02 Å². The van der Waals surface area contributed by atoms with Crippen molar-refractivity contribution in [2.24, 2.45) is 0 Å². The first-order valence-electron chi connectivity index (χ1n) is 9.94. The van der Waals surface area contributed by atoms with E-state index in [1.165, 1.54) is 11.1 Å². The highest BCUT2D eigenvalue weighted by Gasteiger charge is 2.30. The molecule has 1 atom stereocenters. The molecule has 1 aliphatic carbocycles. The number of nitrogens with zero attached hydrogens (tertiary/aromatic N) is 2. The maximum absolute atomic E-state index is 12.9. The zero-order valence-electron chi connectivity index (χ0n) is 16.8. The molecule has 150 valence electrons. The first kappa shape index (κ1) is 20.6. The topological polar surface area (TPSA) is 64.0 Å². The Morgan fingerprint density at radius 3 is 2.61 bits per heavy atom. The van der Waals surface area contributed by atoms with Crippen LogP contribution in [0.25, 0.3) is 0 Å². The lowest BCUT2D eigenvalue weighted by Crippen LogP contribution is -2.46. The molecule has 1 aliphatic rings. The fourth-order valence-electron chi connectivity index (χ4n) is 3.62. The van der Waals surface area contributed by atoms with Crippen molar-refractivity contribution in [1.29, 1.82) is 0 Å². The van der Waals surface area contributed by atoms with Crippen LogP contribution in [0.1, 0.15) is 56.9 Å². The van der Waals surface area contributed by atoms with Gasteiger partial charge in [-0.1, -0.05) is 30.2 Å². The van der Waals surface area contributed by atoms with Crippen LogP contribution in [-0.4, -0.2) is 21.7 Å². The van der Waals surface area contributed by atoms with E-state index in [-0.39, 0.29) is 17.5 Å². The third kappa shape index (κ3) is 4.64. The molecule has 1 amide bonds. The van der Waals surface area contributed by atoms with Crippen molar-refractivity contribution in [3.05, 3.63) is 62.5 Å². The molecular formula is C22H28ClN3O2. The monoisotopic (exact) mass is 401 g/mol. The van der Waals surface area contributed by atoms with Gasteiger partial charge in [0.2, 0.25) is 5.91 Å². The molecule has 0 spiro atoms. The van der Waals surface area contributed by atoms with E-state index in [0.29, 0.717) is 11.6 Å². The predicted octanol–water partition coefficient (Wildman–Crippen LogP) is 3.65. The number of rotatable bonds is 5. The summed E-state index contributed by atoms with van der Waals surface area (Å²) in [5, 5.41) is 8.26. The van der Waals surface area contributed by atoms with Crippen LogP contribution in [-0.2, 0) is 29.6 Å². The molecule has 0 unspecified atom stereocenters. The van der Waals surface area contributed by atoms with Gasteiger partial charge in [0.1, 0.15) is 0 Å². The molecule has 0 fully saturated rings. The number of amides is 1. The van der Waals surface area contributed by atoms with Gasteiger partial charge in [-0.2, -0.15) is 5.10 Å². The summed E-state index contributed by atoms with van der Waals surface area (Å²) in [6, 6.07) is 8.81. The van der Waals surface area contributed by atoms with Crippen LogP contribution in [0.3, 0.4) is 0 Å². The SMILES string of the molecule is C[C@@H](Cn1nc2c(cc1=O)CCCCC2)NC(=O)C(C)(C)c1ccc(Cl)cc1. The van der Waals surface area contributed by atoms with Gasteiger partial charge in [-0.3, -0.25) is 9.59 Å². The van der Waals surface area contributed by atoms with Crippen molar-refractivity contribution < 1.29 is 4.79 Å². The van der Waals surface area contributed by atoms with Crippen LogP contribution in [0.4, 0.5) is 0 Å². The minimum atomic E-state index is -0.703. The Hall–Kier alpha value is -2.14. The van der Waals surface area contributed by atoms with Crippen LogP contribution in [0.15, 0.2) is 35.1 Å². The number of carbonyl (C=O) groups excluding carboxylic acids is 1. The van der Waals surface area contributed by atoms with E-state index < -0.39 is 5.41 Å². The van der Waals surface area contributed by atoms with E-state index in [2.05, 4.69) is 10.4 Å². The zero-order valence-corrected chi connectivity index (χ0v) is 17.6. The summed E-state index contributed by atoms with van der Waals surface area (Å²) in [6.45, 7) is 6.01. The highest BCUT2D eigenvalue weighted by Crippen LogP contribution is 2.25. The number of aromatic nitrogens is 2. The molecule has 5 nitrogen and oxygen atoms in total. The number of fused-ring (bicyclic) bond motifs is 1. The fourth-order valence-corrected chi connectivity index (χ4v) is 3.74. The fraction of sp³-hybridized carbons (Fsp3) is 0.500. The molecule has 0 aliphatic heterocycles. The molecule has 1 aromatic carbocycles. The Bertz CT molecular complexity index is 903. The van der Waals surface area contributed by atoms with Gasteiger partial charge in [0.15, 0.2) is 0 Å². The summed E-state index contributed by atoms with van der Waals surface area (Å²) in [6.07, 6.45) is 5.25. The summed E-state index contributed by atoms with van der Waals surface area (Å²) >= 11 is 5.95. The van der Waals surface area contributed by atoms with Crippen molar-refractivity contribution in [2.45, 2.75) is 70.9 Å². The number of aryl methyl sites for hydroxylation is 2. The lowest BCUT2D eigenvalue weighted by molar-refractivity contribution is -0.126. The van der Waals surface area contributed by atoms with Gasteiger partial charge in [0, 0.05) is 17.1 Å². The molecule has 2 aromatic rings. The zero-order chi connectivity index (χ0) is 20.3. The average molecular weight is 402 g/mol. The van der Waals surface area contributed by atoms with Crippen LogP contribution in [0.5, 0.6) is 0 Å². The molecule has 1 N–H and O–H groups in total. The molecule has 0 bridgehead atoms. The molecule has 0 saturated carbocycles. The lowest BCUT2D eigenvalue weighted by atomic mass is 9.83. The van der Waals surface area contributed by atoms with Crippen molar-refractivity contribution >= 4 is 17.5 Å². The van der Waals surface area contributed by atoms with Crippen molar-refractivity contribution in [3.63, 3.8) is 0 Å². The number of hydrogen-bond acceptors (Lipinski definition) is 3. The summed E-state index contributed by atoms with van der Waals surface area (Å²) < 4.78 is 1.49. The Kier molecular flexibility index (Phi) is 6.23. The number of benzene rings is 1. The first-order valence-corrected chi connectivity index (χ1v) is 10.3. The van der Waals surface area contributed by atoms with Gasteiger partial charge in [-0.25, -0.2) is 4.68 Å². The largest absolute Gasteiger partial charge is 0.351 e. The summed E-state index contributed by atoms with van der Waals surface area (Å²) in [7, 11) is 0. The quantitative estimate of drug-likeness (QED) is 0.778. The minimum absolute atomic E-state index is 0.0925. The summed E-state index contributed by atoms with van der Waals surface area (Å²) in [5.41, 5.74) is 2.20. The lowest BCUT2D eigenvalue weighted by Gasteiger charge is -2.26. The maximum atomic E-state index is 12.9. The maximum Gasteiger partial charge on any atom is 0.267 e. The second-order valence-electron chi connectivity index (χ2n) is 8.20. The highest BCUT2D eigenvalue weighted by molar-refractivity contribution is 6.30. The third-order valence-electron chi connectivity index (χ3n) is 5.48. The molecule has 1 heterocycles. The first-order chi connectivity index (χ1) is 13.3. The Labute approximate surface area is 171 Å². The van der Waals surface area contributed by atoms with E-state index in [0.717, 1.165) is 42.5 Å². The summed E-state index contributed by atoms with van der Waals surface area (Å²) in [4.78, 5) is 25.3. The van der Waals surface area contributed by atoms with E-state index in [9.17, 15) is 9.59 Å².